The lowest BCUT2D eigenvalue weighted by Gasteiger charge is -2.24. The van der Waals surface area contributed by atoms with Crippen molar-refractivity contribution in [1.82, 2.24) is 4.57 Å². The molecule has 0 spiro atoms. The number of hydrogen-bond acceptors (Lipinski definition) is 6. The van der Waals surface area contributed by atoms with E-state index < -0.39 is 22.8 Å². The van der Waals surface area contributed by atoms with E-state index >= 15 is 4.39 Å². The van der Waals surface area contributed by atoms with Gasteiger partial charge in [0.15, 0.2) is 11.6 Å². The Labute approximate surface area is 189 Å². The lowest BCUT2D eigenvalue weighted by atomic mass is 10.1. The Kier molecular flexibility index (Phi) is 6.34. The van der Waals surface area contributed by atoms with Crippen molar-refractivity contribution < 1.29 is 24.1 Å². The van der Waals surface area contributed by atoms with Gasteiger partial charge in [0.1, 0.15) is 22.5 Å². The highest BCUT2D eigenvalue weighted by molar-refractivity contribution is 5.97. The topological polar surface area (TPSA) is 118 Å². The number of pyridine rings is 1. The van der Waals surface area contributed by atoms with Crippen molar-refractivity contribution in [3.63, 3.8) is 0 Å². The smallest absolute Gasteiger partial charge is 0.341 e. The van der Waals surface area contributed by atoms with Gasteiger partial charge in [-0.15, -0.1) is 12.4 Å². The number of aromatic carboxylic acids is 1. The number of anilines is 1. The molecule has 2 heterocycles. The molecule has 1 aliphatic heterocycles. The predicted molar refractivity (Wildman–Crippen MR) is 121 cm³/mol. The summed E-state index contributed by atoms with van der Waals surface area (Å²) < 4.78 is 22.3. The number of carboxylic acid groups (broad SMARTS) is 1. The largest absolute Gasteiger partial charge is 0.508 e. The van der Waals surface area contributed by atoms with Gasteiger partial charge in [0.25, 0.3) is 0 Å². The number of phenolic OH excluding ortho intramolecular Hbond substituents is 1. The van der Waals surface area contributed by atoms with Gasteiger partial charge in [0.2, 0.25) is 5.43 Å². The van der Waals surface area contributed by atoms with Crippen LogP contribution in [0.1, 0.15) is 17.3 Å². The predicted octanol–water partition coefficient (Wildman–Crippen LogP) is 2.75. The zero-order valence-electron chi connectivity index (χ0n) is 17.4. The molecule has 0 radical (unpaired) electrons. The normalized spacial score (nSPS) is 17.9. The molecule has 0 unspecified atom stereocenters. The van der Waals surface area contributed by atoms with Crippen LogP contribution in [-0.2, 0) is 0 Å². The molecule has 1 aliphatic rings. The summed E-state index contributed by atoms with van der Waals surface area (Å²) in [4.78, 5) is 26.3. The van der Waals surface area contributed by atoms with Crippen molar-refractivity contribution in [2.45, 2.75) is 13.0 Å². The van der Waals surface area contributed by atoms with Crippen LogP contribution in [0.5, 0.6) is 11.5 Å². The number of carboxylic acids is 1. The second-order valence-corrected chi connectivity index (χ2v) is 7.75. The Morgan fingerprint density at radius 3 is 2.44 bits per heavy atom. The first-order valence-corrected chi connectivity index (χ1v) is 9.72. The molecule has 32 heavy (non-hydrogen) atoms. The first-order chi connectivity index (χ1) is 14.7. The van der Waals surface area contributed by atoms with E-state index in [1.54, 1.807) is 17.0 Å². The highest BCUT2D eigenvalue weighted by Crippen LogP contribution is 2.40. The maximum atomic E-state index is 15.3. The van der Waals surface area contributed by atoms with Crippen molar-refractivity contribution in [3.05, 3.63) is 58.1 Å². The molecule has 0 aliphatic carbocycles. The number of ether oxygens (including phenoxy) is 1. The summed E-state index contributed by atoms with van der Waals surface area (Å²) in [5, 5.41) is 19.0. The number of fused-ring (bicyclic) bond motifs is 1. The van der Waals surface area contributed by atoms with Crippen LogP contribution in [0.2, 0.25) is 0 Å². The number of nitrogens with two attached hydrogens (primary N) is 1. The molecule has 4 N–H and O–H groups in total. The highest BCUT2D eigenvalue weighted by Gasteiger charge is 2.32. The second kappa shape index (κ2) is 8.68. The minimum absolute atomic E-state index is 0. The van der Waals surface area contributed by atoms with Crippen LogP contribution in [0.15, 0.2) is 41.3 Å². The number of nitrogens with zero attached hydrogens (tertiary/aromatic N) is 2. The van der Waals surface area contributed by atoms with E-state index in [9.17, 15) is 19.8 Å². The van der Waals surface area contributed by atoms with E-state index in [0.717, 1.165) is 6.07 Å². The number of benzene rings is 2. The SMILES string of the molecule is COc1c(N2C[C@@H](N)[C@@H](C)C2)c(F)cc2c(=O)c(C(=O)O)cn(-c3ccc(O)cc3)c12.Cl. The molecule has 0 amide bonds. The Morgan fingerprint density at radius 2 is 1.91 bits per heavy atom. The number of aromatic hydroxyl groups is 1. The molecular weight excluding hydrogens is 441 g/mol. The number of phenols is 1. The van der Waals surface area contributed by atoms with Gasteiger partial charge in [-0.3, -0.25) is 4.79 Å². The Bertz CT molecular complexity index is 1240. The van der Waals surface area contributed by atoms with Gasteiger partial charge >= 0.3 is 5.97 Å². The van der Waals surface area contributed by atoms with Gasteiger partial charge in [-0.2, -0.15) is 0 Å². The van der Waals surface area contributed by atoms with Crippen molar-refractivity contribution in [1.29, 1.82) is 0 Å². The minimum Gasteiger partial charge on any atom is -0.508 e. The van der Waals surface area contributed by atoms with Gasteiger partial charge in [-0.1, -0.05) is 6.92 Å². The number of carbonyl (C=O) groups is 1. The standard InChI is InChI=1S/C22H22FN3O5.ClH/c1-11-8-25(10-17(11)24)19-16(23)7-14-18(21(19)31-2)26(9-15(20(14)28)22(29)30)12-3-5-13(27)6-4-12;/h3-7,9,11,17,27H,8,10,24H2,1-2H3,(H,29,30);1H/t11-,17+;/m0./s1. The first kappa shape index (κ1) is 23.4. The van der Waals surface area contributed by atoms with Crippen LogP contribution in [-0.4, -0.2) is 47.0 Å². The summed E-state index contributed by atoms with van der Waals surface area (Å²) in [7, 11) is 1.37. The van der Waals surface area contributed by atoms with Gasteiger partial charge in [-0.05, 0) is 36.2 Å². The fourth-order valence-corrected chi connectivity index (χ4v) is 4.05. The van der Waals surface area contributed by atoms with E-state index in [1.165, 1.54) is 30.0 Å². The Morgan fingerprint density at radius 1 is 1.25 bits per heavy atom. The summed E-state index contributed by atoms with van der Waals surface area (Å²) in [5.74, 6) is -1.86. The number of aromatic nitrogens is 1. The van der Waals surface area contributed by atoms with Crippen molar-refractivity contribution >= 4 is 35.0 Å². The van der Waals surface area contributed by atoms with E-state index in [4.69, 9.17) is 10.5 Å². The number of halogens is 2. The molecule has 1 saturated heterocycles. The van der Waals surface area contributed by atoms with Gasteiger partial charge in [-0.25, -0.2) is 9.18 Å². The van der Waals surface area contributed by atoms with E-state index in [-0.39, 0.29) is 52.5 Å². The zero-order valence-corrected chi connectivity index (χ0v) is 18.2. The molecule has 170 valence electrons. The molecule has 8 nitrogen and oxygen atoms in total. The maximum absolute atomic E-state index is 15.3. The van der Waals surface area contributed by atoms with Crippen molar-refractivity contribution in [2.24, 2.45) is 11.7 Å². The van der Waals surface area contributed by atoms with Gasteiger partial charge in [0, 0.05) is 31.0 Å². The summed E-state index contributed by atoms with van der Waals surface area (Å²) in [6, 6.07) is 6.87. The second-order valence-electron chi connectivity index (χ2n) is 7.75. The molecule has 0 saturated carbocycles. The van der Waals surface area contributed by atoms with Crippen LogP contribution in [0.3, 0.4) is 0 Å². The molecular formula is C22H23ClFN3O5. The van der Waals surface area contributed by atoms with E-state index in [0.29, 0.717) is 18.8 Å². The third-order valence-electron chi connectivity index (χ3n) is 5.72. The number of rotatable bonds is 4. The van der Waals surface area contributed by atoms with Crippen LogP contribution in [0.4, 0.5) is 10.1 Å². The van der Waals surface area contributed by atoms with Gasteiger partial charge in [0.05, 0.1) is 12.5 Å². The maximum Gasteiger partial charge on any atom is 0.341 e. The Hall–Kier alpha value is -3.30. The molecule has 10 heteroatoms. The van der Waals surface area contributed by atoms with Crippen LogP contribution >= 0.6 is 12.4 Å². The molecule has 3 aromatic rings. The number of hydrogen-bond donors (Lipinski definition) is 3. The Balaban J connectivity index is 0.00000289. The lowest BCUT2D eigenvalue weighted by molar-refractivity contribution is 0.0695. The number of methoxy groups -OCH3 is 1. The highest BCUT2D eigenvalue weighted by atomic mass is 35.5. The molecule has 2 atom stereocenters. The summed E-state index contributed by atoms with van der Waals surface area (Å²) in [5.41, 5.74) is 5.67. The summed E-state index contributed by atoms with van der Waals surface area (Å²) in [6.45, 7) is 2.90. The van der Waals surface area contributed by atoms with Crippen LogP contribution < -0.4 is 20.8 Å². The van der Waals surface area contributed by atoms with Gasteiger partial charge < -0.3 is 30.2 Å². The summed E-state index contributed by atoms with van der Waals surface area (Å²) in [6.07, 6.45) is 1.18. The first-order valence-electron chi connectivity index (χ1n) is 9.72. The minimum atomic E-state index is -1.43. The molecule has 4 rings (SSSR count). The summed E-state index contributed by atoms with van der Waals surface area (Å²) >= 11 is 0. The lowest BCUT2D eigenvalue weighted by Crippen LogP contribution is -2.29. The fourth-order valence-electron chi connectivity index (χ4n) is 4.05. The zero-order chi connectivity index (χ0) is 22.4. The average molecular weight is 464 g/mol. The third kappa shape index (κ3) is 3.74. The van der Waals surface area contributed by atoms with Crippen LogP contribution in [0.25, 0.3) is 16.6 Å². The fraction of sp³-hybridized carbons (Fsp3) is 0.273. The molecule has 2 aromatic carbocycles. The van der Waals surface area contributed by atoms with E-state index in [2.05, 4.69) is 0 Å². The van der Waals surface area contributed by atoms with Crippen molar-refractivity contribution in [3.8, 4) is 17.2 Å². The molecule has 1 aromatic heterocycles. The average Bonchev–Trinajstić information content (AvgIpc) is 3.06. The molecule has 0 bridgehead atoms. The molecule has 1 fully saturated rings. The van der Waals surface area contributed by atoms with Crippen molar-refractivity contribution in [2.75, 3.05) is 25.1 Å². The third-order valence-corrected chi connectivity index (χ3v) is 5.72. The quantitative estimate of drug-likeness (QED) is 0.544. The van der Waals surface area contributed by atoms with Crippen LogP contribution in [0, 0.1) is 11.7 Å². The van der Waals surface area contributed by atoms with E-state index in [1.807, 2.05) is 6.92 Å². The monoisotopic (exact) mass is 463 g/mol.